The number of piperazine rings is 1. The van der Waals surface area contributed by atoms with Crippen LogP contribution in [0.5, 0.6) is 0 Å². The van der Waals surface area contributed by atoms with Gasteiger partial charge in [0.1, 0.15) is 18.6 Å². The van der Waals surface area contributed by atoms with Crippen LogP contribution in [-0.2, 0) is 48.0 Å². The van der Waals surface area contributed by atoms with Crippen LogP contribution in [0.2, 0.25) is 0 Å². The minimum absolute atomic E-state index is 0. The van der Waals surface area contributed by atoms with Crippen molar-refractivity contribution in [1.82, 2.24) is 50.3 Å². The normalized spacial score (nSPS) is 26.5. The molecule has 3 N–H and O–H groups in total. The fourth-order valence-corrected chi connectivity index (χ4v) is 13.9. The van der Waals surface area contributed by atoms with Gasteiger partial charge in [0.25, 0.3) is 5.91 Å². The predicted molar refractivity (Wildman–Crippen MR) is 294 cm³/mol. The molecule has 3 aromatic heterocycles. The maximum Gasteiger partial charge on any atom is 0.406 e. The maximum absolute atomic E-state index is 15.1. The molecule has 7 aliphatic rings. The van der Waals surface area contributed by atoms with Crippen LogP contribution < -0.4 is 21.0 Å². The minimum Gasteiger partial charge on any atom is -0.464 e. The van der Waals surface area contributed by atoms with E-state index in [-0.39, 0.29) is 68.0 Å². The molecular weight excluding hydrogens is 1020 g/mol. The number of amides is 3. The van der Waals surface area contributed by atoms with Crippen LogP contribution in [0.3, 0.4) is 0 Å². The van der Waals surface area contributed by atoms with Gasteiger partial charge in [-0.15, -0.1) is 11.3 Å². The van der Waals surface area contributed by atoms with E-state index in [1.807, 2.05) is 70.2 Å². The SMILES string of the molecule is C.CC(C)c1ncc(N2CCN3CCOC[C@@H]3C2)cc1-c1c2c3cc(ccc3n1CC(F)(F)F)-c1csc(n1)C[C@H](NC(=O)[C@H](C(C)C)N1CC[C@]3(CCN(C(=O)[C@H]4CN4)C3)C1)C(=O)N1CCC[C@H](N1)C(=O)OCC(C)(C)C2. The molecule has 78 heavy (non-hydrogen) atoms. The number of carbonyl (C=O) groups excluding carboxylic acids is 4. The molecule has 6 fully saturated rings. The molecule has 17 nitrogen and oxygen atoms in total. The molecule has 1 spiro atoms. The Morgan fingerprint density at radius 2 is 1.81 bits per heavy atom. The number of thiazole rings is 1. The summed E-state index contributed by atoms with van der Waals surface area (Å²) in [6.07, 6.45) is 0.218. The summed E-state index contributed by atoms with van der Waals surface area (Å²) in [5, 5.41) is 10.8. The zero-order valence-electron chi connectivity index (χ0n) is 45.2. The summed E-state index contributed by atoms with van der Waals surface area (Å²) in [7, 11) is 0. The third kappa shape index (κ3) is 11.6. The molecule has 6 atom stereocenters. The summed E-state index contributed by atoms with van der Waals surface area (Å²) in [6, 6.07) is 5.12. The molecule has 7 aliphatic heterocycles. The lowest BCUT2D eigenvalue weighted by molar-refractivity contribution is -0.155. The highest BCUT2D eigenvalue weighted by Crippen LogP contribution is 2.45. The fourth-order valence-electron chi connectivity index (χ4n) is 13.1. The summed E-state index contributed by atoms with van der Waals surface area (Å²) >= 11 is 1.35. The van der Waals surface area contributed by atoms with E-state index in [2.05, 4.69) is 30.8 Å². The number of likely N-dealkylation sites (tertiary alicyclic amines) is 2. The van der Waals surface area contributed by atoms with Gasteiger partial charge in [-0.25, -0.2) is 10.4 Å². The van der Waals surface area contributed by atoms with Gasteiger partial charge in [0.05, 0.1) is 71.9 Å². The number of morpholine rings is 1. The average Bonchev–Trinajstić information content (AvgIpc) is 3.95. The highest BCUT2D eigenvalue weighted by molar-refractivity contribution is 7.10. The standard InChI is InChI=1S/C56H74F3N11O6S.CH4/c1-33(2)47-39(21-36(24-61-47)66-17-16-65-18-19-75-27-37(65)26-66)49-40-23-54(5,6)32-76-53(74)41-8-7-13-70(64-41)52(73)42(22-46-62-44(28-77-46)35-9-10-45(38(40)20-35)69(49)31-56(57,58)59)63-50(71)48(34(3)4)67-14-11-55(29-67)12-15-68(30-55)51(72)43-25-60-43;/h9-10,20-21,24,28,33-34,37,41-43,48,60,64H,7-8,11-19,22-23,25-27,29-32H2,1-6H3,(H,63,71);1H4/t37-,41-,42-,43+,48-,55-;/m0./s1. The number of cyclic esters (lactones) is 1. The Balaban J connectivity index is 0.00000688. The molecule has 0 saturated carbocycles. The zero-order valence-corrected chi connectivity index (χ0v) is 46.0. The second-order valence-electron chi connectivity index (χ2n) is 24.3. The van der Waals surface area contributed by atoms with E-state index in [1.54, 1.807) is 12.1 Å². The van der Waals surface area contributed by atoms with Crippen LogP contribution in [0, 0.1) is 16.7 Å². The number of hydrazine groups is 1. The van der Waals surface area contributed by atoms with Crippen molar-refractivity contribution in [3.8, 4) is 22.5 Å². The average molecular weight is 1100 g/mol. The van der Waals surface area contributed by atoms with Gasteiger partial charge in [-0.05, 0) is 74.2 Å². The van der Waals surface area contributed by atoms with Gasteiger partial charge >= 0.3 is 12.1 Å². The number of carbonyl (C=O) groups is 4. The number of halogens is 3. The Bertz CT molecular complexity index is 2900. The number of ether oxygens (including phenoxy) is 2. The highest BCUT2D eigenvalue weighted by atomic mass is 32.1. The smallest absolute Gasteiger partial charge is 0.406 e. The monoisotopic (exact) mass is 1100 g/mol. The number of hydrogen-bond acceptors (Lipinski definition) is 14. The fraction of sp³-hybridized carbons (Fsp3) is 0.649. The lowest BCUT2D eigenvalue weighted by Crippen LogP contribution is -2.62. The third-order valence-corrected chi connectivity index (χ3v) is 17.9. The Labute approximate surface area is 459 Å². The quantitative estimate of drug-likeness (QED) is 0.127. The van der Waals surface area contributed by atoms with Crippen molar-refractivity contribution in [2.24, 2.45) is 16.7 Å². The van der Waals surface area contributed by atoms with Gasteiger partial charge in [0.2, 0.25) is 11.8 Å². The van der Waals surface area contributed by atoms with Gasteiger partial charge in [-0.3, -0.25) is 39.0 Å². The predicted octanol–water partition coefficient (Wildman–Crippen LogP) is 6.24. The van der Waals surface area contributed by atoms with Gasteiger partial charge in [0.15, 0.2) is 0 Å². The molecule has 6 bridgehead atoms. The number of esters is 1. The van der Waals surface area contributed by atoms with E-state index < -0.39 is 48.1 Å². The van der Waals surface area contributed by atoms with Crippen molar-refractivity contribution in [1.29, 1.82) is 0 Å². The van der Waals surface area contributed by atoms with Crippen LogP contribution in [0.15, 0.2) is 35.8 Å². The molecule has 1 aromatic carbocycles. The van der Waals surface area contributed by atoms with E-state index in [4.69, 9.17) is 19.4 Å². The molecule has 10 heterocycles. The Kier molecular flexibility index (Phi) is 15.9. The summed E-state index contributed by atoms with van der Waals surface area (Å²) in [5.74, 6) is -1.32. The largest absolute Gasteiger partial charge is 0.464 e. The summed E-state index contributed by atoms with van der Waals surface area (Å²) in [5.41, 5.74) is 7.18. The second-order valence-corrected chi connectivity index (χ2v) is 25.2. The second kappa shape index (κ2) is 22.0. The molecule has 21 heteroatoms. The van der Waals surface area contributed by atoms with Crippen molar-refractivity contribution < 1.29 is 41.8 Å². The van der Waals surface area contributed by atoms with E-state index in [1.165, 1.54) is 20.9 Å². The summed E-state index contributed by atoms with van der Waals surface area (Å²) in [6.45, 7) is 18.8. The first-order valence-electron chi connectivity index (χ1n) is 27.8. The van der Waals surface area contributed by atoms with Crippen molar-refractivity contribution in [3.05, 3.63) is 52.1 Å². The lowest BCUT2D eigenvalue weighted by atomic mass is 9.84. The molecule has 0 radical (unpaired) electrons. The first kappa shape index (κ1) is 56.1. The molecule has 424 valence electrons. The van der Waals surface area contributed by atoms with Gasteiger partial charge in [0, 0.05) is 104 Å². The number of benzene rings is 1. The van der Waals surface area contributed by atoms with E-state index >= 15 is 13.2 Å². The van der Waals surface area contributed by atoms with E-state index in [0.29, 0.717) is 122 Å². The van der Waals surface area contributed by atoms with E-state index in [9.17, 15) is 19.2 Å². The van der Waals surface area contributed by atoms with Crippen LogP contribution in [0.4, 0.5) is 18.9 Å². The number of rotatable bonds is 9. The van der Waals surface area contributed by atoms with Crippen LogP contribution >= 0.6 is 11.3 Å². The first-order valence-corrected chi connectivity index (χ1v) is 28.6. The molecular formula is C57H78F3N11O6S. The van der Waals surface area contributed by atoms with Crippen LogP contribution in [-0.4, -0.2) is 180 Å². The lowest BCUT2D eigenvalue weighted by Gasteiger charge is -2.44. The third-order valence-electron chi connectivity index (χ3n) is 17.1. The topological polar surface area (TPSA) is 180 Å². The summed E-state index contributed by atoms with van der Waals surface area (Å²) in [4.78, 5) is 75.8. The van der Waals surface area contributed by atoms with Crippen molar-refractivity contribution in [2.75, 3.05) is 90.2 Å². The summed E-state index contributed by atoms with van der Waals surface area (Å²) < 4.78 is 58.8. The van der Waals surface area contributed by atoms with Gasteiger partial charge in [-0.2, -0.15) is 13.2 Å². The number of pyridine rings is 1. The number of nitrogens with zero attached hydrogens (tertiary/aromatic N) is 8. The van der Waals surface area contributed by atoms with Crippen LogP contribution in [0.25, 0.3) is 33.4 Å². The molecule has 11 rings (SSSR count). The van der Waals surface area contributed by atoms with Gasteiger partial charge in [-0.1, -0.05) is 55.0 Å². The number of fused-ring (bicyclic) bond motifs is 7. The number of alkyl halides is 3. The van der Waals surface area contributed by atoms with E-state index in [0.717, 1.165) is 38.2 Å². The molecule has 0 unspecified atom stereocenters. The first-order chi connectivity index (χ1) is 36.7. The number of hydrogen-bond donors (Lipinski definition) is 3. The highest BCUT2D eigenvalue weighted by Gasteiger charge is 2.50. The number of nitrogens with one attached hydrogen (secondary N) is 3. The Hall–Kier alpha value is -5.19. The Morgan fingerprint density at radius 3 is 2.56 bits per heavy atom. The Morgan fingerprint density at radius 1 is 1.01 bits per heavy atom. The minimum atomic E-state index is -4.58. The zero-order chi connectivity index (χ0) is 54.1. The van der Waals surface area contributed by atoms with Gasteiger partial charge < -0.3 is 34.5 Å². The van der Waals surface area contributed by atoms with Crippen molar-refractivity contribution in [2.45, 2.75) is 136 Å². The molecule has 4 aromatic rings. The maximum atomic E-state index is 15.1. The van der Waals surface area contributed by atoms with Crippen molar-refractivity contribution >= 4 is 51.6 Å². The molecule has 0 aliphatic carbocycles. The number of anilines is 1. The molecule has 3 amide bonds. The van der Waals surface area contributed by atoms with Crippen molar-refractivity contribution in [3.63, 3.8) is 0 Å². The number of aromatic nitrogens is 3. The molecule has 6 saturated heterocycles. The van der Waals surface area contributed by atoms with Crippen LogP contribution in [0.1, 0.15) is 96.8 Å².